The van der Waals surface area contributed by atoms with E-state index in [9.17, 15) is 8.42 Å². The molecular weight excluding hydrogens is 262 g/mol. The standard InChI is InChI=1S/C10H14ClN3O2S/c11-10-13-12-9(7-3-4-7)14(10)6-8-2-1-5-17(8,15)16/h7-8H,1-6H2. The number of aromatic nitrogens is 3. The molecule has 1 atom stereocenters. The van der Waals surface area contributed by atoms with Crippen LogP contribution in [0.15, 0.2) is 0 Å². The molecule has 3 rings (SSSR count). The molecule has 2 aliphatic rings. The summed E-state index contributed by atoms with van der Waals surface area (Å²) in [6.45, 7) is 0.417. The predicted molar refractivity (Wildman–Crippen MR) is 63.8 cm³/mol. The highest BCUT2D eigenvalue weighted by Gasteiger charge is 2.35. The molecule has 1 saturated heterocycles. The Kier molecular flexibility index (Phi) is 2.66. The number of hydrogen-bond donors (Lipinski definition) is 0. The van der Waals surface area contributed by atoms with Crippen molar-refractivity contribution in [1.82, 2.24) is 14.8 Å². The van der Waals surface area contributed by atoms with Crippen LogP contribution in [0.3, 0.4) is 0 Å². The van der Waals surface area contributed by atoms with E-state index >= 15 is 0 Å². The van der Waals surface area contributed by atoms with Gasteiger partial charge in [0.15, 0.2) is 9.84 Å². The van der Waals surface area contributed by atoms with Gasteiger partial charge in [-0.2, -0.15) is 0 Å². The summed E-state index contributed by atoms with van der Waals surface area (Å²) in [6.07, 6.45) is 3.69. The first-order valence-electron chi connectivity index (χ1n) is 5.88. The van der Waals surface area contributed by atoms with E-state index < -0.39 is 9.84 Å². The number of hydrogen-bond acceptors (Lipinski definition) is 4. The number of rotatable bonds is 3. The topological polar surface area (TPSA) is 64.8 Å². The van der Waals surface area contributed by atoms with Gasteiger partial charge in [0.25, 0.3) is 0 Å². The van der Waals surface area contributed by atoms with Gasteiger partial charge in [0.05, 0.1) is 11.0 Å². The Morgan fingerprint density at radius 3 is 2.65 bits per heavy atom. The van der Waals surface area contributed by atoms with E-state index in [0.717, 1.165) is 31.5 Å². The molecule has 0 radical (unpaired) electrons. The van der Waals surface area contributed by atoms with Gasteiger partial charge in [-0.1, -0.05) is 0 Å². The lowest BCUT2D eigenvalue weighted by atomic mass is 10.2. The maximum absolute atomic E-state index is 11.8. The Hall–Kier alpha value is -0.620. The third-order valence-electron chi connectivity index (χ3n) is 3.53. The van der Waals surface area contributed by atoms with Gasteiger partial charge < -0.3 is 4.57 Å². The van der Waals surface area contributed by atoms with E-state index in [2.05, 4.69) is 10.2 Å². The van der Waals surface area contributed by atoms with E-state index in [1.54, 1.807) is 4.57 Å². The van der Waals surface area contributed by atoms with Crippen LogP contribution in [0.1, 0.15) is 37.4 Å². The van der Waals surface area contributed by atoms with Crippen LogP contribution < -0.4 is 0 Å². The molecule has 0 N–H and O–H groups in total. The molecule has 5 nitrogen and oxygen atoms in total. The highest BCUT2D eigenvalue weighted by Crippen LogP contribution is 2.40. The number of halogens is 1. The molecule has 2 heterocycles. The molecule has 1 saturated carbocycles. The van der Waals surface area contributed by atoms with Crippen LogP contribution in [0.5, 0.6) is 0 Å². The molecule has 0 amide bonds. The second-order valence-electron chi connectivity index (χ2n) is 4.84. The summed E-state index contributed by atoms with van der Waals surface area (Å²) in [5.74, 6) is 1.59. The van der Waals surface area contributed by atoms with Crippen molar-refractivity contribution in [2.75, 3.05) is 5.75 Å². The first-order chi connectivity index (χ1) is 8.08. The number of sulfone groups is 1. The van der Waals surface area contributed by atoms with Gasteiger partial charge in [0, 0.05) is 12.5 Å². The molecule has 1 unspecified atom stereocenters. The fraction of sp³-hybridized carbons (Fsp3) is 0.800. The first kappa shape index (κ1) is 11.5. The Bertz CT molecular complexity index is 536. The van der Waals surface area contributed by atoms with Crippen molar-refractivity contribution in [3.05, 3.63) is 11.1 Å². The van der Waals surface area contributed by atoms with Crippen molar-refractivity contribution in [1.29, 1.82) is 0 Å². The Balaban J connectivity index is 1.87. The quantitative estimate of drug-likeness (QED) is 0.836. The molecule has 0 bridgehead atoms. The van der Waals surface area contributed by atoms with Gasteiger partial charge in [-0.3, -0.25) is 0 Å². The summed E-state index contributed by atoms with van der Waals surface area (Å²) in [7, 11) is -2.94. The molecule has 7 heteroatoms. The van der Waals surface area contributed by atoms with Crippen molar-refractivity contribution >= 4 is 21.4 Å². The molecular formula is C10H14ClN3O2S. The lowest BCUT2D eigenvalue weighted by Gasteiger charge is -2.12. The minimum Gasteiger partial charge on any atom is -0.300 e. The molecule has 1 aromatic heterocycles. The third kappa shape index (κ3) is 2.08. The van der Waals surface area contributed by atoms with Crippen LogP contribution in [0, 0.1) is 0 Å². The maximum Gasteiger partial charge on any atom is 0.225 e. The minimum atomic E-state index is -2.94. The first-order valence-corrected chi connectivity index (χ1v) is 7.97. The maximum atomic E-state index is 11.8. The predicted octanol–water partition coefficient (Wildman–Crippen LogP) is 1.39. The van der Waals surface area contributed by atoms with Gasteiger partial charge in [-0.25, -0.2) is 8.42 Å². The summed E-state index contributed by atoms with van der Waals surface area (Å²) in [5, 5.41) is 7.91. The van der Waals surface area contributed by atoms with Gasteiger partial charge in [-0.05, 0) is 37.3 Å². The molecule has 94 valence electrons. The van der Waals surface area contributed by atoms with Gasteiger partial charge in [0.2, 0.25) is 5.28 Å². The fourth-order valence-electron chi connectivity index (χ4n) is 2.37. The zero-order valence-electron chi connectivity index (χ0n) is 9.34. The van der Waals surface area contributed by atoms with Crippen LogP contribution in [0.2, 0.25) is 5.28 Å². The fourth-order valence-corrected chi connectivity index (χ4v) is 4.37. The van der Waals surface area contributed by atoms with E-state index in [1.165, 1.54) is 0 Å². The molecule has 2 fully saturated rings. The van der Waals surface area contributed by atoms with Crippen LogP contribution in [-0.4, -0.2) is 34.2 Å². The van der Waals surface area contributed by atoms with E-state index in [-0.39, 0.29) is 5.25 Å². The second kappa shape index (κ2) is 3.95. The van der Waals surface area contributed by atoms with Gasteiger partial charge >= 0.3 is 0 Å². The molecule has 1 aliphatic heterocycles. The average Bonchev–Trinajstić information content (AvgIpc) is 2.97. The Morgan fingerprint density at radius 1 is 1.29 bits per heavy atom. The van der Waals surface area contributed by atoms with E-state index in [0.29, 0.717) is 23.5 Å². The van der Waals surface area contributed by atoms with Crippen LogP contribution >= 0.6 is 11.6 Å². The third-order valence-corrected chi connectivity index (χ3v) is 6.06. The molecule has 1 aliphatic carbocycles. The minimum absolute atomic E-state index is 0.302. The lowest BCUT2D eigenvalue weighted by molar-refractivity contribution is 0.558. The Morgan fingerprint density at radius 2 is 2.06 bits per heavy atom. The summed E-state index contributed by atoms with van der Waals surface area (Å²) in [5.41, 5.74) is 0. The Labute approximate surface area is 105 Å². The van der Waals surface area contributed by atoms with Gasteiger partial charge in [0.1, 0.15) is 5.82 Å². The largest absolute Gasteiger partial charge is 0.300 e. The normalized spacial score (nSPS) is 27.5. The number of nitrogens with zero attached hydrogens (tertiary/aromatic N) is 3. The SMILES string of the molecule is O=S1(=O)CCCC1Cn1c(Cl)nnc1C1CC1. The zero-order chi connectivity index (χ0) is 12.0. The van der Waals surface area contributed by atoms with Crippen molar-refractivity contribution in [3.8, 4) is 0 Å². The zero-order valence-corrected chi connectivity index (χ0v) is 10.9. The smallest absolute Gasteiger partial charge is 0.225 e. The highest BCUT2D eigenvalue weighted by molar-refractivity contribution is 7.92. The van der Waals surface area contributed by atoms with Gasteiger partial charge in [-0.15, -0.1) is 10.2 Å². The van der Waals surface area contributed by atoms with Crippen molar-refractivity contribution in [2.45, 2.75) is 43.4 Å². The summed E-state index contributed by atoms with van der Waals surface area (Å²) in [4.78, 5) is 0. The van der Waals surface area contributed by atoms with E-state index in [1.807, 2.05) is 0 Å². The van der Waals surface area contributed by atoms with Crippen molar-refractivity contribution < 1.29 is 8.42 Å². The second-order valence-corrected chi connectivity index (χ2v) is 7.58. The molecule has 0 spiro atoms. The average molecular weight is 276 g/mol. The molecule has 0 aromatic carbocycles. The van der Waals surface area contributed by atoms with Crippen molar-refractivity contribution in [2.24, 2.45) is 0 Å². The summed E-state index contributed by atoms with van der Waals surface area (Å²) >= 11 is 5.98. The molecule has 1 aromatic rings. The highest BCUT2D eigenvalue weighted by atomic mass is 35.5. The van der Waals surface area contributed by atoms with Crippen molar-refractivity contribution in [3.63, 3.8) is 0 Å². The molecule has 17 heavy (non-hydrogen) atoms. The summed E-state index contributed by atoms with van der Waals surface area (Å²) < 4.78 is 25.4. The summed E-state index contributed by atoms with van der Waals surface area (Å²) in [6, 6.07) is 0. The monoisotopic (exact) mass is 275 g/mol. The van der Waals surface area contributed by atoms with E-state index in [4.69, 9.17) is 11.6 Å². The van der Waals surface area contributed by atoms with Crippen LogP contribution in [0.25, 0.3) is 0 Å². The van der Waals surface area contributed by atoms with Crippen LogP contribution in [-0.2, 0) is 16.4 Å². The van der Waals surface area contributed by atoms with Crippen LogP contribution in [0.4, 0.5) is 0 Å². The lowest BCUT2D eigenvalue weighted by Crippen LogP contribution is -2.23.